The minimum atomic E-state index is -1.12. The van der Waals surface area contributed by atoms with Crippen molar-refractivity contribution in [3.05, 3.63) is 25.3 Å². The maximum Gasteiger partial charge on any atom is 0.303 e. The van der Waals surface area contributed by atoms with Crippen molar-refractivity contribution in [3.8, 4) is 0 Å². The molecular weight excluding hydrogens is 526 g/mol. The highest BCUT2D eigenvalue weighted by atomic mass is 32.2. The molecule has 1 rings (SSSR count). The number of nitrogens with one attached hydrogen (secondary N) is 1. The smallest absolute Gasteiger partial charge is 0.303 e. The third-order valence-corrected chi connectivity index (χ3v) is 7.67. The van der Waals surface area contributed by atoms with E-state index in [1.54, 1.807) is 18.4 Å². The summed E-state index contributed by atoms with van der Waals surface area (Å²) in [5.41, 5.74) is -0.730. The Hall–Kier alpha value is -2.51. The predicted octanol–water partition coefficient (Wildman–Crippen LogP) is 0.121. The molecular formula is C24H37NO10S2. The number of thioether (sulfide) groups is 1. The molecule has 0 bridgehead atoms. The number of carbonyl (C=O) groups is 5. The normalized spacial score (nSPS) is 23.4. The zero-order valence-electron chi connectivity index (χ0n) is 22.1. The Morgan fingerprint density at radius 1 is 0.919 bits per heavy atom. The second-order valence-corrected chi connectivity index (χ2v) is 11.1. The van der Waals surface area contributed by atoms with Gasteiger partial charge in [0.25, 0.3) is 0 Å². The van der Waals surface area contributed by atoms with Crippen molar-refractivity contribution in [2.45, 2.75) is 70.5 Å². The van der Waals surface area contributed by atoms with E-state index in [1.165, 1.54) is 39.5 Å². The topological polar surface area (TPSA) is 157 Å². The molecule has 11 nitrogen and oxygen atoms in total. The van der Waals surface area contributed by atoms with E-state index in [0.717, 1.165) is 6.92 Å². The summed E-state index contributed by atoms with van der Waals surface area (Å²) >= 11 is 1.25. The van der Waals surface area contributed by atoms with E-state index >= 15 is 0 Å². The molecule has 0 spiro atoms. The molecule has 1 saturated heterocycles. The number of esters is 3. The highest BCUT2D eigenvalue weighted by Crippen LogP contribution is 2.34. The van der Waals surface area contributed by atoms with Gasteiger partial charge in [-0.25, -0.2) is 0 Å². The first kappa shape index (κ1) is 34.5. The van der Waals surface area contributed by atoms with Crippen LogP contribution in [0.15, 0.2) is 25.3 Å². The van der Waals surface area contributed by atoms with Crippen LogP contribution in [0.5, 0.6) is 0 Å². The van der Waals surface area contributed by atoms with Crippen LogP contribution in [0, 0.1) is 0 Å². The number of carbonyl (C=O) groups excluding carboxylic acids is 5. The average Bonchev–Trinajstić information content (AvgIpc) is 2.74. The summed E-state index contributed by atoms with van der Waals surface area (Å²) < 4.78 is 22.7. The number of carboxylic acid groups (broad SMARTS) is 1. The summed E-state index contributed by atoms with van der Waals surface area (Å²) in [5, 5.41) is 11.8. The first-order chi connectivity index (χ1) is 17.3. The standard InChI is InChI=1S/C22H33NO8S2.C2H4O2/c1-8-10-33(11-9-2)12-17(23-13(3)24)18-19(28-14(4)25)20(29-15(5)26)21(30-16(6)27)22(31-18)32-7;1-2(3)4/h8-9,17-22H,1-2,10-12H2,3-7H3;1H3,(H,3,4)/t17-,18+,19-,20-,21+,22+;/m0./s1. The first-order valence-electron chi connectivity index (χ1n) is 11.3. The molecule has 6 atom stereocenters. The first-order valence-corrected chi connectivity index (χ1v) is 14.3. The number of hydrogen-bond acceptors (Lipinski definition) is 11. The van der Waals surface area contributed by atoms with Crippen molar-refractivity contribution < 1.29 is 48.0 Å². The minimum absolute atomic E-state index is 0.225. The van der Waals surface area contributed by atoms with Crippen LogP contribution in [0.4, 0.5) is 0 Å². The molecule has 37 heavy (non-hydrogen) atoms. The Bertz CT molecular complexity index is 807. The monoisotopic (exact) mass is 563 g/mol. The van der Waals surface area contributed by atoms with Crippen LogP contribution >= 0.6 is 11.8 Å². The zero-order valence-corrected chi connectivity index (χ0v) is 23.7. The Morgan fingerprint density at radius 3 is 1.73 bits per heavy atom. The molecule has 1 aliphatic heterocycles. The Kier molecular flexibility index (Phi) is 16.6. The molecule has 1 fully saturated rings. The van der Waals surface area contributed by atoms with E-state index in [1.807, 2.05) is 0 Å². The number of aliphatic carboxylic acids is 1. The number of ether oxygens (including phenoxy) is 4. The summed E-state index contributed by atoms with van der Waals surface area (Å²) in [6.07, 6.45) is 1.23. The van der Waals surface area contributed by atoms with Crippen LogP contribution in [-0.4, -0.2) is 89.2 Å². The van der Waals surface area contributed by atoms with Gasteiger partial charge in [0.2, 0.25) is 5.91 Å². The Balaban J connectivity index is 0.00000300. The SMILES string of the molecule is C=CC[S+](CC=C)C[C@H](NC(C)=O)[C@H]1O[C@H](SC)[C@H](OC(C)=O)[C@@H](OC(C)=O)[C@H]1OC(C)=O.CC(=O)[O-]. The van der Waals surface area contributed by atoms with Crippen LogP contribution < -0.4 is 10.4 Å². The van der Waals surface area contributed by atoms with Gasteiger partial charge in [-0.3, -0.25) is 19.2 Å². The van der Waals surface area contributed by atoms with Crippen molar-refractivity contribution in [1.29, 1.82) is 0 Å². The maximum atomic E-state index is 12.1. The van der Waals surface area contributed by atoms with Gasteiger partial charge in [-0.2, -0.15) is 0 Å². The van der Waals surface area contributed by atoms with Gasteiger partial charge in [-0.15, -0.1) is 11.8 Å². The molecule has 13 heteroatoms. The molecule has 1 amide bonds. The second-order valence-electron chi connectivity index (χ2n) is 7.92. The van der Waals surface area contributed by atoms with Crippen molar-refractivity contribution in [3.63, 3.8) is 0 Å². The molecule has 210 valence electrons. The predicted molar refractivity (Wildman–Crippen MR) is 139 cm³/mol. The summed E-state index contributed by atoms with van der Waals surface area (Å²) in [4.78, 5) is 56.7. The third kappa shape index (κ3) is 13.6. The largest absolute Gasteiger partial charge is 0.550 e. The average molecular weight is 564 g/mol. The molecule has 0 saturated carbocycles. The molecule has 0 aromatic carbocycles. The van der Waals surface area contributed by atoms with E-state index in [0.29, 0.717) is 17.3 Å². The number of rotatable bonds is 12. The summed E-state index contributed by atoms with van der Waals surface area (Å²) in [6, 6.07) is -0.582. The van der Waals surface area contributed by atoms with Gasteiger partial charge < -0.3 is 34.2 Å². The lowest BCUT2D eigenvalue weighted by molar-refractivity contribution is -0.302. The van der Waals surface area contributed by atoms with Crippen LogP contribution in [-0.2, 0) is 53.8 Å². The summed E-state index contributed by atoms with van der Waals surface area (Å²) in [5.74, 6) is -1.36. The van der Waals surface area contributed by atoms with Crippen molar-refractivity contribution in [1.82, 2.24) is 5.32 Å². The zero-order chi connectivity index (χ0) is 28.7. The lowest BCUT2D eigenvalue weighted by atomic mass is 9.94. The van der Waals surface area contributed by atoms with Crippen LogP contribution in [0.3, 0.4) is 0 Å². The van der Waals surface area contributed by atoms with Gasteiger partial charge in [-0.05, 0) is 36.2 Å². The lowest BCUT2D eigenvalue weighted by Gasteiger charge is -2.46. The number of hydrogen-bond donors (Lipinski definition) is 1. The minimum Gasteiger partial charge on any atom is -0.550 e. The third-order valence-electron chi connectivity index (χ3n) is 4.58. The van der Waals surface area contributed by atoms with Gasteiger partial charge >= 0.3 is 17.9 Å². The van der Waals surface area contributed by atoms with Gasteiger partial charge in [0.05, 0.1) is 0 Å². The number of amides is 1. The highest BCUT2D eigenvalue weighted by Gasteiger charge is 2.54. The Morgan fingerprint density at radius 2 is 1.35 bits per heavy atom. The van der Waals surface area contributed by atoms with Crippen LogP contribution in [0.2, 0.25) is 0 Å². The van der Waals surface area contributed by atoms with Crippen LogP contribution in [0.25, 0.3) is 0 Å². The molecule has 0 aliphatic carbocycles. The lowest BCUT2D eigenvalue weighted by Crippen LogP contribution is -2.66. The fraction of sp³-hybridized carbons (Fsp3) is 0.625. The highest BCUT2D eigenvalue weighted by molar-refractivity contribution is 7.99. The van der Waals surface area contributed by atoms with E-state index in [-0.39, 0.29) is 16.8 Å². The summed E-state index contributed by atoms with van der Waals surface area (Å²) in [7, 11) is -0.225. The van der Waals surface area contributed by atoms with Gasteiger partial charge in [0, 0.05) is 33.7 Å². The fourth-order valence-electron chi connectivity index (χ4n) is 3.59. The Labute approximate surface area is 225 Å². The van der Waals surface area contributed by atoms with E-state index in [4.69, 9.17) is 28.8 Å². The van der Waals surface area contributed by atoms with Crippen molar-refractivity contribution in [2.24, 2.45) is 0 Å². The van der Waals surface area contributed by atoms with Gasteiger partial charge in [-0.1, -0.05) is 13.2 Å². The van der Waals surface area contributed by atoms with E-state index in [9.17, 15) is 19.2 Å². The maximum absolute atomic E-state index is 12.1. The molecule has 1 heterocycles. The van der Waals surface area contributed by atoms with Crippen LogP contribution in [0.1, 0.15) is 34.6 Å². The molecule has 1 aliphatic rings. The van der Waals surface area contributed by atoms with Gasteiger partial charge in [0.15, 0.2) is 18.3 Å². The molecule has 0 unspecified atom stereocenters. The van der Waals surface area contributed by atoms with E-state index in [2.05, 4.69) is 18.5 Å². The van der Waals surface area contributed by atoms with Crippen molar-refractivity contribution in [2.75, 3.05) is 23.5 Å². The fourth-order valence-corrected chi connectivity index (χ4v) is 6.16. The molecule has 0 aromatic rings. The quantitative estimate of drug-likeness (QED) is 0.149. The molecule has 0 radical (unpaired) electrons. The summed E-state index contributed by atoms with van der Waals surface area (Å²) in [6.45, 7) is 13.6. The second kappa shape index (κ2) is 17.9. The van der Waals surface area contributed by atoms with Gasteiger partial charge in [0.1, 0.15) is 34.8 Å². The number of carboxylic acids is 1. The molecule has 1 N–H and O–H groups in total. The van der Waals surface area contributed by atoms with E-state index < -0.39 is 59.8 Å². The molecule has 0 aromatic heterocycles. The van der Waals surface area contributed by atoms with Crippen molar-refractivity contribution >= 4 is 52.4 Å².